The van der Waals surface area contributed by atoms with Crippen LogP contribution in [0.25, 0.3) is 44.4 Å². The number of aromatic nitrogens is 2. The van der Waals surface area contributed by atoms with Gasteiger partial charge in [-0.05, 0) is 122 Å². The first kappa shape index (κ1) is 44.6. The molecule has 2 aromatic heterocycles. The molecule has 0 atom stereocenters. The molecule has 68 heavy (non-hydrogen) atoms. The number of pyridine rings is 1. The molecule has 0 saturated carbocycles. The molecule has 3 heterocycles. The molecule has 6 heteroatoms. The molecule has 0 fully saturated rings. The van der Waals surface area contributed by atoms with Crippen LogP contribution in [0.3, 0.4) is 0 Å². The van der Waals surface area contributed by atoms with E-state index in [1.165, 1.54) is 11.1 Å². The quantitative estimate of drug-likeness (QED) is 0.149. The number of nitrogens with zero attached hydrogens (tertiary/aromatic N) is 4. The molecular weight excluding hydrogens is 1010 g/mol. The smallest absolute Gasteiger partial charge is 0.136 e. The minimum absolute atomic E-state index is 0. The Morgan fingerprint density at radius 1 is 0.588 bits per heavy atom. The number of rotatable bonds is 7. The van der Waals surface area contributed by atoms with Crippen LogP contribution < -0.4 is 14.5 Å². The second-order valence-corrected chi connectivity index (χ2v) is 22.3. The molecule has 0 radical (unpaired) electrons. The predicted octanol–water partition coefficient (Wildman–Crippen LogP) is 16.5. The van der Waals surface area contributed by atoms with Crippen LogP contribution in [-0.2, 0) is 42.7 Å². The number of hydrogen-bond donors (Lipinski definition) is 0. The number of anilines is 2. The van der Waals surface area contributed by atoms with E-state index in [0.29, 0.717) is 28.4 Å². The Labute approximate surface area is 424 Å². The summed E-state index contributed by atoms with van der Waals surface area (Å²) >= 11 is 0. The Hall–Kier alpha value is -5.90. The van der Waals surface area contributed by atoms with Crippen molar-refractivity contribution >= 4 is 38.9 Å². The van der Waals surface area contributed by atoms with Crippen molar-refractivity contribution < 1.29 is 29.9 Å². The molecule has 0 aliphatic carbocycles. The summed E-state index contributed by atoms with van der Waals surface area (Å²) in [5.74, 6) is 1.74. The van der Waals surface area contributed by atoms with Gasteiger partial charge in [-0.3, -0.25) is 0 Å². The van der Waals surface area contributed by atoms with Gasteiger partial charge in [0.2, 0.25) is 0 Å². The Morgan fingerprint density at radius 3 is 1.87 bits per heavy atom. The zero-order chi connectivity index (χ0) is 50.3. The van der Waals surface area contributed by atoms with E-state index >= 15 is 0 Å². The van der Waals surface area contributed by atoms with E-state index in [2.05, 4.69) is 207 Å². The van der Waals surface area contributed by atoms with Gasteiger partial charge in [0.05, 0.1) is 0 Å². The largest absolute Gasteiger partial charge is 0.509 e. The van der Waals surface area contributed by atoms with Crippen LogP contribution in [0.15, 0.2) is 134 Å². The van der Waals surface area contributed by atoms with Gasteiger partial charge >= 0.3 is 0 Å². The molecule has 352 valence electrons. The number of para-hydroxylation sites is 1. The van der Waals surface area contributed by atoms with Gasteiger partial charge < -0.3 is 19.1 Å². The van der Waals surface area contributed by atoms with Gasteiger partial charge in [-0.1, -0.05) is 155 Å². The standard InChI is InChI=1S/C62H65N4O.Pt/c1-40-28-44(59(3,4)5)29-41(2)58(40)43-26-27-63-57(30-43)66-54-23-19-18-22-52(54)53-25-24-50(37-55(53)66)67-51-35-47(62(12,13)14)32-48(36-51)64-38-56(42-20-16-15-17-21-42)65(39-64)49-33-45(60(6,7)8)31-46(34-49)61(9,10)11;/h15-35,38-39H,1-14H3;/q-3;/i1D3;. The van der Waals surface area contributed by atoms with Crippen LogP contribution in [0.4, 0.5) is 11.4 Å². The molecule has 1 aliphatic rings. The summed E-state index contributed by atoms with van der Waals surface area (Å²) in [7, 11) is 0. The fraction of sp³-hybridized carbons (Fsp3) is 0.290. The van der Waals surface area contributed by atoms with E-state index in [1.54, 1.807) is 6.20 Å². The van der Waals surface area contributed by atoms with Gasteiger partial charge in [-0.15, -0.1) is 53.6 Å². The first-order chi connectivity index (χ1) is 32.7. The number of ether oxygens (including phenoxy) is 1. The van der Waals surface area contributed by atoms with E-state index < -0.39 is 6.85 Å². The second kappa shape index (κ2) is 17.9. The van der Waals surface area contributed by atoms with Crippen molar-refractivity contribution in [2.45, 2.75) is 119 Å². The van der Waals surface area contributed by atoms with Gasteiger partial charge in [0, 0.05) is 59.8 Å². The summed E-state index contributed by atoms with van der Waals surface area (Å²) in [6, 6.07) is 49.3. The zero-order valence-corrected chi connectivity index (χ0v) is 44.1. The Balaban J connectivity index is 0.00000676. The molecule has 6 aromatic carbocycles. The van der Waals surface area contributed by atoms with E-state index in [1.807, 2.05) is 43.3 Å². The summed E-state index contributed by atoms with van der Waals surface area (Å²) in [5, 5.41) is 2.04. The van der Waals surface area contributed by atoms with Crippen LogP contribution in [0.2, 0.25) is 0 Å². The molecule has 1 aliphatic heterocycles. The molecule has 0 amide bonds. The Morgan fingerprint density at radius 2 is 1.21 bits per heavy atom. The van der Waals surface area contributed by atoms with Gasteiger partial charge in [-0.25, -0.2) is 4.98 Å². The fourth-order valence-corrected chi connectivity index (χ4v) is 8.94. The summed E-state index contributed by atoms with van der Waals surface area (Å²) in [6.45, 7) is 28.5. The first-order valence-corrected chi connectivity index (χ1v) is 23.4. The average Bonchev–Trinajstić information content (AvgIpc) is 3.88. The monoisotopic (exact) mass is 1080 g/mol. The molecular formula is C62H65N4OPt-3. The second-order valence-electron chi connectivity index (χ2n) is 22.3. The minimum atomic E-state index is -2.32. The fourth-order valence-electron chi connectivity index (χ4n) is 8.94. The molecule has 0 bridgehead atoms. The van der Waals surface area contributed by atoms with Gasteiger partial charge in [0.1, 0.15) is 5.82 Å². The third-order valence-corrected chi connectivity index (χ3v) is 13.0. The topological polar surface area (TPSA) is 33.5 Å². The normalized spacial score (nSPS) is 14.4. The van der Waals surface area contributed by atoms with Crippen LogP contribution in [-0.4, -0.2) is 9.55 Å². The molecule has 9 rings (SSSR count). The van der Waals surface area contributed by atoms with Crippen molar-refractivity contribution in [1.82, 2.24) is 9.55 Å². The van der Waals surface area contributed by atoms with Gasteiger partial charge in [0.25, 0.3) is 0 Å². The Kier molecular flexibility index (Phi) is 11.7. The third kappa shape index (κ3) is 9.57. The third-order valence-electron chi connectivity index (χ3n) is 13.0. The van der Waals surface area contributed by atoms with Crippen molar-refractivity contribution in [3.8, 4) is 28.4 Å². The molecule has 0 unspecified atom stereocenters. The van der Waals surface area contributed by atoms with Crippen LogP contribution in [0.5, 0.6) is 11.5 Å². The predicted molar refractivity (Wildman–Crippen MR) is 283 cm³/mol. The van der Waals surface area contributed by atoms with Gasteiger partial charge in [-0.2, -0.15) is 6.07 Å². The molecule has 0 spiro atoms. The number of hydrogen-bond acceptors (Lipinski definition) is 4. The summed E-state index contributed by atoms with van der Waals surface area (Å²) in [5.41, 5.74) is 12.7. The van der Waals surface area contributed by atoms with E-state index in [9.17, 15) is 0 Å². The van der Waals surface area contributed by atoms with Crippen molar-refractivity contribution in [3.63, 3.8) is 0 Å². The van der Waals surface area contributed by atoms with Crippen LogP contribution in [0.1, 0.15) is 126 Å². The first-order valence-electron chi connectivity index (χ1n) is 24.9. The van der Waals surface area contributed by atoms with Crippen molar-refractivity contribution in [3.05, 3.63) is 191 Å². The van der Waals surface area contributed by atoms with E-state index in [-0.39, 0.29) is 42.7 Å². The minimum Gasteiger partial charge on any atom is -0.509 e. The maximum Gasteiger partial charge on any atom is 0.136 e. The maximum atomic E-state index is 8.62. The summed E-state index contributed by atoms with van der Waals surface area (Å²) < 4.78 is 34.8. The van der Waals surface area contributed by atoms with Crippen molar-refractivity contribution in [1.29, 1.82) is 0 Å². The molecule has 0 saturated heterocycles. The van der Waals surface area contributed by atoms with Crippen molar-refractivity contribution in [2.75, 3.05) is 9.80 Å². The number of benzene rings is 6. The number of aryl methyl sites for hydroxylation is 2. The van der Waals surface area contributed by atoms with Crippen LogP contribution in [0, 0.1) is 32.6 Å². The summed E-state index contributed by atoms with van der Waals surface area (Å²) in [6.07, 6.45) is 3.95. The zero-order valence-electron chi connectivity index (χ0n) is 44.8. The summed E-state index contributed by atoms with van der Waals surface area (Å²) in [4.78, 5) is 9.38. The SMILES string of the molecule is [2H]C([2H])([2H])c1cc(C(C)(C)C)cc(C)c1-c1ccnc(-n2c3[c-]c(Oc4[c-]c(N5C=C(c6ccccc6)N(c6cc(C(C)(C)C)cc(C(C)(C)C)c6)[CH-]5)cc(C(C)(C)C)c4)ccc3c3ccccc32)c1.[Pt]. The Bertz CT molecular complexity index is 3290. The molecule has 0 N–H and O–H groups in total. The maximum absolute atomic E-state index is 8.62. The molecule has 8 aromatic rings. The van der Waals surface area contributed by atoms with Crippen molar-refractivity contribution in [2.24, 2.45) is 0 Å². The van der Waals surface area contributed by atoms with E-state index in [4.69, 9.17) is 13.8 Å². The van der Waals surface area contributed by atoms with Crippen LogP contribution >= 0.6 is 0 Å². The van der Waals surface area contributed by atoms with E-state index in [0.717, 1.165) is 66.7 Å². The molecule has 5 nitrogen and oxygen atoms in total. The average molecular weight is 1080 g/mol. The van der Waals surface area contributed by atoms with Gasteiger partial charge in [0.15, 0.2) is 0 Å². The number of fused-ring (bicyclic) bond motifs is 3.